The summed E-state index contributed by atoms with van der Waals surface area (Å²) < 4.78 is 0. The van der Waals surface area contributed by atoms with E-state index in [9.17, 15) is 9.59 Å². The van der Waals surface area contributed by atoms with E-state index in [1.165, 1.54) is 0 Å². The zero-order chi connectivity index (χ0) is 21.5. The Balaban J connectivity index is 1.30. The third-order valence-corrected chi connectivity index (χ3v) is 5.96. The Hall–Kier alpha value is -3.32. The van der Waals surface area contributed by atoms with E-state index in [1.807, 2.05) is 71.6 Å². The zero-order valence-corrected chi connectivity index (χ0v) is 17.9. The molecule has 4 rings (SSSR count). The topological polar surface area (TPSA) is 74.3 Å². The molecule has 0 bridgehead atoms. The molecule has 1 aliphatic rings. The number of nitrogens with zero attached hydrogens (tertiary/aromatic N) is 2. The molecule has 3 aromatic rings. The number of carbonyl (C=O) groups excluding carboxylic acids is 2. The fourth-order valence-electron chi connectivity index (χ4n) is 3.37. The standard InChI is InChI=1S/C24H24N4O2S/c29-23(19-9-11-21(12-10-19)31-22-8-1-2-13-25-22)26-17-18-6-5-7-20(16-18)27-24(30)28-14-3-4-15-28/h1-2,5-13,16H,3-4,14-15,17H2,(H,26,29)(H,27,30). The summed E-state index contributed by atoms with van der Waals surface area (Å²) >= 11 is 1.55. The summed E-state index contributed by atoms with van der Waals surface area (Å²) in [4.78, 5) is 31.9. The number of rotatable bonds is 6. The molecule has 0 spiro atoms. The van der Waals surface area contributed by atoms with E-state index in [-0.39, 0.29) is 11.9 Å². The number of anilines is 1. The zero-order valence-electron chi connectivity index (χ0n) is 17.1. The van der Waals surface area contributed by atoms with Crippen LogP contribution < -0.4 is 10.6 Å². The molecule has 31 heavy (non-hydrogen) atoms. The van der Waals surface area contributed by atoms with Crippen LogP contribution in [0.15, 0.2) is 82.8 Å². The van der Waals surface area contributed by atoms with Crippen LogP contribution >= 0.6 is 11.8 Å². The molecule has 3 amide bonds. The molecule has 1 aromatic heterocycles. The van der Waals surface area contributed by atoms with Crippen LogP contribution in [0.3, 0.4) is 0 Å². The van der Waals surface area contributed by atoms with Crippen molar-refractivity contribution in [3.05, 3.63) is 84.1 Å². The fraction of sp³-hybridized carbons (Fsp3) is 0.208. The molecule has 6 nitrogen and oxygen atoms in total. The van der Waals surface area contributed by atoms with Crippen molar-refractivity contribution in [2.75, 3.05) is 18.4 Å². The van der Waals surface area contributed by atoms with Gasteiger partial charge in [0.2, 0.25) is 0 Å². The average molecular weight is 433 g/mol. The van der Waals surface area contributed by atoms with Crippen LogP contribution in [0.5, 0.6) is 0 Å². The molecular weight excluding hydrogens is 408 g/mol. The van der Waals surface area contributed by atoms with E-state index in [1.54, 1.807) is 18.0 Å². The normalized spacial score (nSPS) is 13.1. The van der Waals surface area contributed by atoms with Crippen LogP contribution in [-0.2, 0) is 6.54 Å². The Morgan fingerprint density at radius 3 is 2.52 bits per heavy atom. The maximum atomic E-state index is 12.5. The van der Waals surface area contributed by atoms with Crippen LogP contribution in [0.4, 0.5) is 10.5 Å². The van der Waals surface area contributed by atoms with E-state index in [4.69, 9.17) is 0 Å². The van der Waals surface area contributed by atoms with E-state index in [0.29, 0.717) is 12.1 Å². The minimum Gasteiger partial charge on any atom is -0.348 e. The Morgan fingerprint density at radius 2 is 1.77 bits per heavy atom. The number of likely N-dealkylation sites (tertiary alicyclic amines) is 1. The van der Waals surface area contributed by atoms with Gasteiger partial charge in [-0.05, 0) is 66.9 Å². The first kappa shape index (κ1) is 20.9. The van der Waals surface area contributed by atoms with Gasteiger partial charge in [-0.3, -0.25) is 4.79 Å². The van der Waals surface area contributed by atoms with Crippen LogP contribution in [0, 0.1) is 0 Å². The van der Waals surface area contributed by atoms with E-state index >= 15 is 0 Å². The number of urea groups is 1. The third kappa shape index (κ3) is 5.86. The van der Waals surface area contributed by atoms with Gasteiger partial charge in [0.05, 0.1) is 0 Å². The molecule has 0 atom stereocenters. The van der Waals surface area contributed by atoms with Gasteiger partial charge in [-0.15, -0.1) is 0 Å². The number of carbonyl (C=O) groups is 2. The SMILES string of the molecule is O=C(NCc1cccc(NC(=O)N2CCCC2)c1)c1ccc(Sc2ccccn2)cc1. The summed E-state index contributed by atoms with van der Waals surface area (Å²) in [5, 5.41) is 6.79. The molecule has 2 aromatic carbocycles. The van der Waals surface area contributed by atoms with Gasteiger partial charge >= 0.3 is 6.03 Å². The van der Waals surface area contributed by atoms with Crippen LogP contribution in [0.2, 0.25) is 0 Å². The van der Waals surface area contributed by atoms with Gasteiger partial charge < -0.3 is 15.5 Å². The van der Waals surface area contributed by atoms with Crippen molar-refractivity contribution in [3.63, 3.8) is 0 Å². The van der Waals surface area contributed by atoms with Crippen LogP contribution in [0.25, 0.3) is 0 Å². The number of nitrogens with one attached hydrogen (secondary N) is 2. The lowest BCUT2D eigenvalue weighted by molar-refractivity contribution is 0.0951. The lowest BCUT2D eigenvalue weighted by Crippen LogP contribution is -2.32. The lowest BCUT2D eigenvalue weighted by Gasteiger charge is -2.16. The van der Waals surface area contributed by atoms with Gasteiger partial charge in [-0.1, -0.05) is 30.0 Å². The molecule has 7 heteroatoms. The van der Waals surface area contributed by atoms with E-state index in [2.05, 4.69) is 15.6 Å². The van der Waals surface area contributed by atoms with Crippen molar-refractivity contribution in [2.45, 2.75) is 29.3 Å². The minimum absolute atomic E-state index is 0.0673. The first-order chi connectivity index (χ1) is 15.2. The van der Waals surface area contributed by atoms with Crippen molar-refractivity contribution in [1.29, 1.82) is 0 Å². The van der Waals surface area contributed by atoms with Crippen molar-refractivity contribution in [1.82, 2.24) is 15.2 Å². The van der Waals surface area contributed by atoms with Crippen LogP contribution in [0.1, 0.15) is 28.8 Å². The number of hydrogen-bond donors (Lipinski definition) is 2. The largest absolute Gasteiger partial charge is 0.348 e. The first-order valence-electron chi connectivity index (χ1n) is 10.3. The first-order valence-corrected chi connectivity index (χ1v) is 11.1. The summed E-state index contributed by atoms with van der Waals surface area (Å²) in [5.74, 6) is -0.138. The molecule has 1 fully saturated rings. The second kappa shape index (κ2) is 10.1. The smallest absolute Gasteiger partial charge is 0.321 e. The van der Waals surface area contributed by atoms with Gasteiger partial charge in [0.1, 0.15) is 5.03 Å². The van der Waals surface area contributed by atoms with Gasteiger partial charge in [0.25, 0.3) is 5.91 Å². The summed E-state index contributed by atoms with van der Waals surface area (Å²) in [6.07, 6.45) is 3.88. The lowest BCUT2D eigenvalue weighted by atomic mass is 10.1. The van der Waals surface area contributed by atoms with Crippen molar-refractivity contribution < 1.29 is 9.59 Å². The summed E-state index contributed by atoms with van der Waals surface area (Å²) in [6, 6.07) is 20.7. The molecule has 2 N–H and O–H groups in total. The minimum atomic E-state index is -0.138. The molecule has 0 aliphatic carbocycles. The number of hydrogen-bond acceptors (Lipinski definition) is 4. The molecule has 0 unspecified atom stereocenters. The highest BCUT2D eigenvalue weighted by Crippen LogP contribution is 2.25. The third-order valence-electron chi connectivity index (χ3n) is 5.00. The molecule has 1 aliphatic heterocycles. The van der Waals surface area contributed by atoms with Crippen molar-refractivity contribution in [3.8, 4) is 0 Å². The molecule has 1 saturated heterocycles. The Kier molecular flexibility index (Phi) is 6.84. The molecule has 158 valence electrons. The molecule has 0 radical (unpaired) electrons. The molecule has 0 saturated carbocycles. The average Bonchev–Trinajstić information content (AvgIpc) is 3.34. The van der Waals surface area contributed by atoms with Crippen LogP contribution in [-0.4, -0.2) is 34.9 Å². The van der Waals surface area contributed by atoms with Crippen molar-refractivity contribution >= 4 is 29.4 Å². The van der Waals surface area contributed by atoms with E-state index in [0.717, 1.165) is 47.1 Å². The maximum absolute atomic E-state index is 12.5. The molecule has 2 heterocycles. The predicted octanol–water partition coefficient (Wildman–Crippen LogP) is 4.79. The van der Waals surface area contributed by atoms with Gasteiger partial charge in [-0.25, -0.2) is 9.78 Å². The number of amides is 3. The summed E-state index contributed by atoms with van der Waals surface area (Å²) in [7, 11) is 0. The number of aromatic nitrogens is 1. The maximum Gasteiger partial charge on any atom is 0.321 e. The Labute approximate surface area is 186 Å². The molecular formula is C24H24N4O2S. The monoisotopic (exact) mass is 432 g/mol. The fourth-order valence-corrected chi connectivity index (χ4v) is 4.14. The second-order valence-electron chi connectivity index (χ2n) is 7.30. The quantitative estimate of drug-likeness (QED) is 0.587. The summed E-state index contributed by atoms with van der Waals surface area (Å²) in [5.41, 5.74) is 2.26. The van der Waals surface area contributed by atoms with Gasteiger partial charge in [0.15, 0.2) is 0 Å². The van der Waals surface area contributed by atoms with E-state index < -0.39 is 0 Å². The summed E-state index contributed by atoms with van der Waals surface area (Å²) in [6.45, 7) is 2.00. The second-order valence-corrected chi connectivity index (χ2v) is 8.40. The van der Waals surface area contributed by atoms with Gasteiger partial charge in [0, 0.05) is 42.0 Å². The number of benzene rings is 2. The predicted molar refractivity (Wildman–Crippen MR) is 122 cm³/mol. The highest BCUT2D eigenvalue weighted by Gasteiger charge is 2.17. The van der Waals surface area contributed by atoms with Gasteiger partial charge in [-0.2, -0.15) is 0 Å². The Bertz CT molecular complexity index is 1030. The highest BCUT2D eigenvalue weighted by atomic mass is 32.2. The Morgan fingerprint density at radius 1 is 0.968 bits per heavy atom. The van der Waals surface area contributed by atoms with Crippen molar-refractivity contribution in [2.24, 2.45) is 0 Å². The number of pyridine rings is 1. The highest BCUT2D eigenvalue weighted by molar-refractivity contribution is 7.99.